The molecule has 1 aliphatic carbocycles. The molecular weight excluding hydrogens is 350 g/mol. The summed E-state index contributed by atoms with van der Waals surface area (Å²) in [5.41, 5.74) is 0. The van der Waals surface area contributed by atoms with Crippen molar-refractivity contribution >= 4 is 27.5 Å². The average molecular weight is 374 g/mol. The number of thioether (sulfide) groups is 1. The summed E-state index contributed by atoms with van der Waals surface area (Å²) in [5, 5.41) is 11.3. The molecule has 2 heterocycles. The molecule has 3 atom stereocenters. The van der Waals surface area contributed by atoms with E-state index in [1.807, 2.05) is 0 Å². The highest BCUT2D eigenvalue weighted by atomic mass is 32.2. The van der Waals surface area contributed by atoms with Crippen LogP contribution in [0.5, 0.6) is 0 Å². The predicted molar refractivity (Wildman–Crippen MR) is 90.6 cm³/mol. The molecule has 1 aliphatic heterocycles. The van der Waals surface area contributed by atoms with E-state index in [9.17, 15) is 13.2 Å². The fraction of sp³-hybridized carbons (Fsp3) is 0.800. The second-order valence-corrected chi connectivity index (χ2v) is 9.89. The summed E-state index contributed by atoms with van der Waals surface area (Å²) in [6, 6.07) is 0.258. The molecule has 24 heavy (non-hydrogen) atoms. The molecule has 0 radical (unpaired) electrons. The third-order valence-corrected chi connectivity index (χ3v) is 7.37. The number of aromatic nitrogens is 2. The van der Waals surface area contributed by atoms with Crippen molar-refractivity contribution in [1.82, 2.24) is 15.5 Å². The molecule has 2 aliphatic rings. The third-order valence-electron chi connectivity index (χ3n) is 4.79. The van der Waals surface area contributed by atoms with E-state index in [2.05, 4.69) is 22.4 Å². The first kappa shape index (κ1) is 17.7. The van der Waals surface area contributed by atoms with Crippen LogP contribution in [0.1, 0.15) is 50.8 Å². The van der Waals surface area contributed by atoms with Crippen LogP contribution >= 0.6 is 11.8 Å². The lowest BCUT2D eigenvalue weighted by Crippen LogP contribution is -2.41. The van der Waals surface area contributed by atoms with E-state index in [4.69, 9.17) is 4.42 Å². The summed E-state index contributed by atoms with van der Waals surface area (Å²) < 4.78 is 28.5. The number of rotatable bonds is 5. The van der Waals surface area contributed by atoms with Crippen molar-refractivity contribution in [2.45, 2.75) is 56.2 Å². The van der Waals surface area contributed by atoms with Gasteiger partial charge in [0, 0.05) is 6.04 Å². The normalized spacial score (nSPS) is 29.5. The van der Waals surface area contributed by atoms with Crippen molar-refractivity contribution in [2.75, 3.05) is 17.3 Å². The van der Waals surface area contributed by atoms with Crippen LogP contribution in [0, 0.1) is 5.92 Å². The molecule has 7 nitrogen and oxygen atoms in total. The fourth-order valence-electron chi connectivity index (χ4n) is 3.34. The molecule has 9 heteroatoms. The van der Waals surface area contributed by atoms with E-state index in [0.717, 1.165) is 12.8 Å². The van der Waals surface area contributed by atoms with Crippen molar-refractivity contribution in [1.29, 1.82) is 0 Å². The quantitative estimate of drug-likeness (QED) is 0.785. The summed E-state index contributed by atoms with van der Waals surface area (Å²) in [5.74, 6) is 1.11. The molecule has 1 saturated carbocycles. The maximum Gasteiger partial charge on any atom is 0.277 e. The molecule has 0 bridgehead atoms. The summed E-state index contributed by atoms with van der Waals surface area (Å²) in [6.45, 7) is 2.18. The van der Waals surface area contributed by atoms with E-state index in [1.165, 1.54) is 24.6 Å². The van der Waals surface area contributed by atoms with Gasteiger partial charge in [-0.1, -0.05) is 31.5 Å². The zero-order valence-electron chi connectivity index (χ0n) is 13.7. The topological polar surface area (TPSA) is 102 Å². The van der Waals surface area contributed by atoms with Crippen LogP contribution in [0.3, 0.4) is 0 Å². The van der Waals surface area contributed by atoms with Crippen LogP contribution < -0.4 is 5.32 Å². The maximum atomic E-state index is 12.1. The maximum absolute atomic E-state index is 12.1. The molecule has 0 spiro atoms. The predicted octanol–water partition coefficient (Wildman–Crippen LogP) is 1.76. The van der Waals surface area contributed by atoms with Gasteiger partial charge >= 0.3 is 0 Å². The molecule has 1 aromatic heterocycles. The van der Waals surface area contributed by atoms with Crippen LogP contribution in [-0.4, -0.2) is 47.8 Å². The van der Waals surface area contributed by atoms with Gasteiger partial charge in [-0.05, 0) is 25.2 Å². The minimum absolute atomic E-state index is 0.0260. The van der Waals surface area contributed by atoms with E-state index < -0.39 is 9.84 Å². The molecule has 1 aromatic rings. The zero-order chi connectivity index (χ0) is 17.2. The Labute approximate surface area is 146 Å². The Bertz CT molecular complexity index is 689. The lowest BCUT2D eigenvalue weighted by atomic mass is 9.86. The Hall–Kier alpha value is -1.09. The molecule has 0 aromatic carbocycles. The Morgan fingerprint density at radius 1 is 1.29 bits per heavy atom. The summed E-state index contributed by atoms with van der Waals surface area (Å²) >= 11 is 1.20. The van der Waals surface area contributed by atoms with Gasteiger partial charge in [-0.25, -0.2) is 8.42 Å². The smallest absolute Gasteiger partial charge is 0.277 e. The van der Waals surface area contributed by atoms with E-state index in [0.29, 0.717) is 23.5 Å². The number of carbonyl (C=O) groups is 1. The van der Waals surface area contributed by atoms with Crippen LogP contribution in [0.25, 0.3) is 0 Å². The van der Waals surface area contributed by atoms with Crippen molar-refractivity contribution in [3.63, 3.8) is 0 Å². The number of nitrogens with one attached hydrogen (secondary N) is 1. The van der Waals surface area contributed by atoms with Crippen molar-refractivity contribution < 1.29 is 17.6 Å². The second-order valence-electron chi connectivity index (χ2n) is 6.73. The summed E-state index contributed by atoms with van der Waals surface area (Å²) in [4.78, 5) is 12.1. The largest absolute Gasteiger partial charge is 0.416 e. The highest BCUT2D eigenvalue weighted by molar-refractivity contribution is 7.99. The van der Waals surface area contributed by atoms with Gasteiger partial charge in [-0.2, -0.15) is 0 Å². The van der Waals surface area contributed by atoms with Gasteiger partial charge in [0.05, 0.1) is 23.2 Å². The fourth-order valence-corrected chi connectivity index (χ4v) is 5.65. The number of carbonyl (C=O) groups excluding carboxylic acids is 1. The molecule has 0 unspecified atom stereocenters. The Kier molecular flexibility index (Phi) is 5.49. The lowest BCUT2D eigenvalue weighted by Gasteiger charge is -2.29. The van der Waals surface area contributed by atoms with Gasteiger partial charge in [-0.3, -0.25) is 4.79 Å². The Morgan fingerprint density at radius 2 is 2.08 bits per heavy atom. The molecule has 1 saturated heterocycles. The van der Waals surface area contributed by atoms with Gasteiger partial charge in [0.2, 0.25) is 11.8 Å². The standard InChI is InChI=1S/C15H23N3O4S2/c1-10-4-2-3-5-12(10)16-13(19)8-23-15-18-17-14(22-15)11-6-7-24(20,21)9-11/h10-12H,2-9H2,1H3,(H,16,19)/t10-,11+,12+/m1/s1. The van der Waals surface area contributed by atoms with Crippen LogP contribution in [0.4, 0.5) is 0 Å². The number of sulfone groups is 1. The highest BCUT2D eigenvalue weighted by Gasteiger charge is 2.33. The first-order valence-corrected chi connectivity index (χ1v) is 11.2. The molecule has 3 rings (SSSR count). The first-order valence-electron chi connectivity index (χ1n) is 8.39. The third kappa shape index (κ3) is 4.50. The summed E-state index contributed by atoms with van der Waals surface area (Å²) in [6.07, 6.45) is 5.13. The average Bonchev–Trinajstić information content (AvgIpc) is 3.14. The van der Waals surface area contributed by atoms with Crippen molar-refractivity contribution in [3.05, 3.63) is 5.89 Å². The highest BCUT2D eigenvalue weighted by Crippen LogP contribution is 2.29. The SMILES string of the molecule is C[C@@H]1CCCC[C@@H]1NC(=O)CSc1nnc([C@H]2CCS(=O)(=O)C2)o1. The van der Waals surface area contributed by atoms with Gasteiger partial charge in [0.1, 0.15) is 0 Å². The van der Waals surface area contributed by atoms with Crippen LogP contribution in [-0.2, 0) is 14.6 Å². The van der Waals surface area contributed by atoms with Crippen molar-refractivity contribution in [3.8, 4) is 0 Å². The van der Waals surface area contributed by atoms with Crippen LogP contribution in [0.2, 0.25) is 0 Å². The van der Waals surface area contributed by atoms with Crippen LogP contribution in [0.15, 0.2) is 9.64 Å². The van der Waals surface area contributed by atoms with E-state index in [-0.39, 0.29) is 35.1 Å². The number of nitrogens with zero attached hydrogens (tertiary/aromatic N) is 2. The van der Waals surface area contributed by atoms with Gasteiger partial charge < -0.3 is 9.73 Å². The second kappa shape index (κ2) is 7.43. The molecule has 1 N–H and O–H groups in total. The molecule has 1 amide bonds. The minimum Gasteiger partial charge on any atom is -0.416 e. The number of hydrogen-bond acceptors (Lipinski definition) is 7. The molecule has 134 valence electrons. The molecular formula is C15H23N3O4S2. The van der Waals surface area contributed by atoms with E-state index in [1.54, 1.807) is 0 Å². The summed E-state index contributed by atoms with van der Waals surface area (Å²) in [7, 11) is -2.98. The Morgan fingerprint density at radius 3 is 2.79 bits per heavy atom. The monoisotopic (exact) mass is 373 g/mol. The number of hydrogen-bond donors (Lipinski definition) is 1. The lowest BCUT2D eigenvalue weighted by molar-refractivity contribution is -0.119. The minimum atomic E-state index is -2.98. The van der Waals surface area contributed by atoms with Gasteiger partial charge in [-0.15, -0.1) is 10.2 Å². The van der Waals surface area contributed by atoms with Gasteiger partial charge in [0.15, 0.2) is 9.84 Å². The van der Waals surface area contributed by atoms with E-state index >= 15 is 0 Å². The number of amides is 1. The Balaban J connectivity index is 1.47. The van der Waals surface area contributed by atoms with Crippen molar-refractivity contribution in [2.24, 2.45) is 5.92 Å². The molecule has 2 fully saturated rings. The first-order chi connectivity index (χ1) is 11.4. The zero-order valence-corrected chi connectivity index (χ0v) is 15.4. The van der Waals surface area contributed by atoms with Gasteiger partial charge in [0.25, 0.3) is 5.22 Å².